The third-order valence-electron chi connectivity index (χ3n) is 4.11. The van der Waals surface area contributed by atoms with Gasteiger partial charge in [0.1, 0.15) is 5.75 Å². The number of halogens is 1. The number of benzene rings is 2. The summed E-state index contributed by atoms with van der Waals surface area (Å²) in [5.74, 6) is 0.490. The molecular weight excluding hydrogens is 424 g/mol. The largest absolute Gasteiger partial charge is 0.496 e. The molecule has 0 spiro atoms. The van der Waals surface area contributed by atoms with Gasteiger partial charge in [-0.1, -0.05) is 46.7 Å². The van der Waals surface area contributed by atoms with Crippen molar-refractivity contribution < 1.29 is 9.53 Å². The summed E-state index contributed by atoms with van der Waals surface area (Å²) in [4.78, 5) is 16.8. The SMILES string of the molecule is CCCCc1ccc2nc(NC(=O)C=Cc3cc(Br)ccc3OC)sc2c1. The molecule has 6 heteroatoms. The van der Waals surface area contributed by atoms with E-state index in [-0.39, 0.29) is 5.91 Å². The normalized spacial score (nSPS) is 11.2. The van der Waals surface area contributed by atoms with Crippen LogP contribution >= 0.6 is 27.3 Å². The molecule has 1 N–H and O–H groups in total. The molecule has 0 bridgehead atoms. The van der Waals surface area contributed by atoms with Gasteiger partial charge in [-0.3, -0.25) is 10.1 Å². The Bertz CT molecular complexity index is 981. The van der Waals surface area contributed by atoms with E-state index in [2.05, 4.69) is 45.3 Å². The van der Waals surface area contributed by atoms with Crippen molar-refractivity contribution in [1.29, 1.82) is 0 Å². The number of hydrogen-bond acceptors (Lipinski definition) is 4. The Labute approximate surface area is 171 Å². The van der Waals surface area contributed by atoms with Gasteiger partial charge in [-0.2, -0.15) is 0 Å². The summed E-state index contributed by atoms with van der Waals surface area (Å²) in [6, 6.07) is 12.0. The van der Waals surface area contributed by atoms with E-state index in [1.165, 1.54) is 35.8 Å². The molecule has 0 atom stereocenters. The molecule has 1 aromatic heterocycles. The number of amides is 1. The molecule has 4 nitrogen and oxygen atoms in total. The van der Waals surface area contributed by atoms with Gasteiger partial charge in [0.05, 0.1) is 17.3 Å². The molecule has 140 valence electrons. The highest BCUT2D eigenvalue weighted by Crippen LogP contribution is 2.28. The van der Waals surface area contributed by atoms with Crippen molar-refractivity contribution in [1.82, 2.24) is 4.98 Å². The second-order valence-corrected chi connectivity index (χ2v) is 8.08. The maximum Gasteiger partial charge on any atom is 0.250 e. The van der Waals surface area contributed by atoms with Crippen molar-refractivity contribution in [3.8, 4) is 5.75 Å². The molecule has 3 aromatic rings. The zero-order valence-corrected chi connectivity index (χ0v) is 17.7. The van der Waals surface area contributed by atoms with Gasteiger partial charge >= 0.3 is 0 Å². The molecule has 0 unspecified atom stereocenters. The Morgan fingerprint density at radius 2 is 2.15 bits per heavy atom. The minimum atomic E-state index is -0.220. The van der Waals surface area contributed by atoms with E-state index in [0.717, 1.165) is 26.7 Å². The molecule has 0 aliphatic rings. The molecule has 1 amide bonds. The number of unbranched alkanes of at least 4 members (excludes halogenated alkanes) is 1. The first kappa shape index (κ1) is 19.6. The number of fused-ring (bicyclic) bond motifs is 1. The summed E-state index contributed by atoms with van der Waals surface area (Å²) in [7, 11) is 1.61. The maximum atomic E-state index is 12.3. The summed E-state index contributed by atoms with van der Waals surface area (Å²) in [6.45, 7) is 2.19. The fraction of sp³-hybridized carbons (Fsp3) is 0.238. The average Bonchev–Trinajstić information content (AvgIpc) is 3.06. The van der Waals surface area contributed by atoms with Crippen LogP contribution in [0.4, 0.5) is 5.13 Å². The predicted octanol–water partition coefficient (Wildman–Crippen LogP) is 6.06. The third kappa shape index (κ3) is 5.17. The first-order valence-electron chi connectivity index (χ1n) is 8.81. The van der Waals surface area contributed by atoms with E-state index >= 15 is 0 Å². The van der Waals surface area contributed by atoms with E-state index in [9.17, 15) is 4.79 Å². The van der Waals surface area contributed by atoms with Crippen molar-refractivity contribution >= 4 is 54.6 Å². The van der Waals surface area contributed by atoms with Gasteiger partial charge < -0.3 is 4.74 Å². The number of carbonyl (C=O) groups excluding carboxylic acids is 1. The first-order chi connectivity index (χ1) is 13.1. The Morgan fingerprint density at radius 1 is 1.30 bits per heavy atom. The number of nitrogens with zero attached hydrogens (tertiary/aromatic N) is 1. The standard InChI is InChI=1S/C21H21BrN2O2S/c1-3-4-5-14-6-9-17-19(12-14)27-21(23-17)24-20(25)11-7-15-13-16(22)8-10-18(15)26-2/h6-13H,3-5H2,1-2H3,(H,23,24,25). The van der Waals surface area contributed by atoms with Crippen LogP contribution in [0.3, 0.4) is 0 Å². The molecule has 0 saturated heterocycles. The van der Waals surface area contributed by atoms with Gasteiger partial charge in [-0.25, -0.2) is 4.98 Å². The van der Waals surface area contributed by atoms with E-state index in [0.29, 0.717) is 10.9 Å². The number of aromatic nitrogens is 1. The minimum absolute atomic E-state index is 0.220. The van der Waals surface area contributed by atoms with Gasteiger partial charge in [0.2, 0.25) is 5.91 Å². The quantitative estimate of drug-likeness (QED) is 0.450. The molecule has 3 rings (SSSR count). The molecule has 0 saturated carbocycles. The highest BCUT2D eigenvalue weighted by molar-refractivity contribution is 9.10. The average molecular weight is 445 g/mol. The summed E-state index contributed by atoms with van der Waals surface area (Å²) in [6.07, 6.45) is 6.65. The number of carbonyl (C=O) groups is 1. The number of methoxy groups -OCH3 is 1. The Kier molecular flexibility index (Phi) is 6.63. The van der Waals surface area contributed by atoms with Gasteiger partial charge in [-0.15, -0.1) is 0 Å². The Hall–Kier alpha value is -2.18. The summed E-state index contributed by atoms with van der Waals surface area (Å²) >= 11 is 4.92. The second-order valence-electron chi connectivity index (χ2n) is 6.13. The zero-order chi connectivity index (χ0) is 19.2. The highest BCUT2D eigenvalue weighted by Gasteiger charge is 2.07. The van der Waals surface area contributed by atoms with Crippen LogP contribution < -0.4 is 10.1 Å². The monoisotopic (exact) mass is 444 g/mol. The second kappa shape index (κ2) is 9.15. The van der Waals surface area contributed by atoms with E-state index in [1.807, 2.05) is 24.3 Å². The predicted molar refractivity (Wildman–Crippen MR) is 117 cm³/mol. The molecule has 1 heterocycles. The molecular formula is C21H21BrN2O2S. The Morgan fingerprint density at radius 3 is 2.93 bits per heavy atom. The number of ether oxygens (including phenoxy) is 1. The molecule has 0 radical (unpaired) electrons. The van der Waals surface area contributed by atoms with E-state index < -0.39 is 0 Å². The fourth-order valence-electron chi connectivity index (χ4n) is 2.71. The third-order valence-corrected chi connectivity index (χ3v) is 5.53. The number of nitrogens with one attached hydrogen (secondary N) is 1. The molecule has 27 heavy (non-hydrogen) atoms. The summed E-state index contributed by atoms with van der Waals surface area (Å²) < 4.78 is 7.33. The molecule has 2 aromatic carbocycles. The van der Waals surface area contributed by atoms with Crippen molar-refractivity contribution in [2.75, 3.05) is 12.4 Å². The van der Waals surface area contributed by atoms with Crippen molar-refractivity contribution in [3.05, 3.63) is 58.1 Å². The van der Waals surface area contributed by atoms with Crippen LogP contribution in [0.15, 0.2) is 46.9 Å². The van der Waals surface area contributed by atoms with Crippen molar-refractivity contribution in [2.45, 2.75) is 26.2 Å². The van der Waals surface area contributed by atoms with Crippen LogP contribution in [0, 0.1) is 0 Å². The lowest BCUT2D eigenvalue weighted by molar-refractivity contribution is -0.111. The van der Waals surface area contributed by atoms with Gasteiger partial charge in [-0.05, 0) is 54.8 Å². The number of anilines is 1. The van der Waals surface area contributed by atoms with Crippen LogP contribution in [0.2, 0.25) is 0 Å². The fourth-order valence-corrected chi connectivity index (χ4v) is 4.02. The van der Waals surface area contributed by atoms with Crippen molar-refractivity contribution in [2.24, 2.45) is 0 Å². The van der Waals surface area contributed by atoms with Gasteiger partial charge in [0.15, 0.2) is 5.13 Å². The highest BCUT2D eigenvalue weighted by atomic mass is 79.9. The summed E-state index contributed by atoms with van der Waals surface area (Å²) in [5, 5.41) is 3.45. The first-order valence-corrected chi connectivity index (χ1v) is 10.4. The molecule has 0 aliphatic heterocycles. The van der Waals surface area contributed by atoms with E-state index in [4.69, 9.17) is 4.74 Å². The topological polar surface area (TPSA) is 51.2 Å². The van der Waals surface area contributed by atoms with Crippen LogP contribution in [-0.4, -0.2) is 18.0 Å². The lowest BCUT2D eigenvalue weighted by atomic mass is 10.1. The van der Waals surface area contributed by atoms with Crippen LogP contribution in [-0.2, 0) is 11.2 Å². The van der Waals surface area contributed by atoms with E-state index in [1.54, 1.807) is 13.2 Å². The minimum Gasteiger partial charge on any atom is -0.496 e. The molecule has 0 fully saturated rings. The Balaban J connectivity index is 1.71. The number of rotatable bonds is 7. The smallest absolute Gasteiger partial charge is 0.250 e. The lowest BCUT2D eigenvalue weighted by Gasteiger charge is -2.04. The maximum absolute atomic E-state index is 12.3. The van der Waals surface area contributed by atoms with Gasteiger partial charge in [0, 0.05) is 16.1 Å². The van der Waals surface area contributed by atoms with Gasteiger partial charge in [0.25, 0.3) is 0 Å². The van der Waals surface area contributed by atoms with Crippen LogP contribution in [0.25, 0.3) is 16.3 Å². The summed E-state index contributed by atoms with van der Waals surface area (Å²) in [5.41, 5.74) is 3.05. The molecule has 0 aliphatic carbocycles. The zero-order valence-electron chi connectivity index (χ0n) is 15.3. The lowest BCUT2D eigenvalue weighted by Crippen LogP contribution is -2.07. The number of aryl methyl sites for hydroxylation is 1. The number of hydrogen-bond donors (Lipinski definition) is 1. The number of thiazole rings is 1. The van der Waals surface area contributed by atoms with Crippen LogP contribution in [0.5, 0.6) is 5.75 Å². The van der Waals surface area contributed by atoms with Crippen LogP contribution in [0.1, 0.15) is 30.9 Å². The van der Waals surface area contributed by atoms with Crippen molar-refractivity contribution in [3.63, 3.8) is 0 Å².